The molecule has 0 unspecified atom stereocenters. The Morgan fingerprint density at radius 2 is 1.85 bits per heavy atom. The molecule has 1 amide bonds. The van der Waals surface area contributed by atoms with E-state index < -0.39 is 44.9 Å². The fourth-order valence-corrected chi connectivity index (χ4v) is 2.49. The zero-order valence-electron chi connectivity index (χ0n) is 9.87. The Morgan fingerprint density at radius 3 is 2.35 bits per heavy atom. The van der Waals surface area contributed by atoms with Gasteiger partial charge in [-0.1, -0.05) is 0 Å². The smallest absolute Gasteiger partial charge is 0.399 e. The molecular weight excluding hydrogens is 304 g/mol. The summed E-state index contributed by atoms with van der Waals surface area (Å²) >= 11 is 0. The van der Waals surface area contributed by atoms with Crippen molar-refractivity contribution < 1.29 is 30.8 Å². The lowest BCUT2D eigenvalue weighted by atomic mass is 10.3. The number of sulfone groups is 1. The van der Waals surface area contributed by atoms with E-state index in [9.17, 15) is 30.8 Å². The van der Waals surface area contributed by atoms with Crippen molar-refractivity contribution in [2.24, 2.45) is 0 Å². The summed E-state index contributed by atoms with van der Waals surface area (Å²) in [5, 5.41) is 1.41. The van der Waals surface area contributed by atoms with Crippen molar-refractivity contribution in [1.82, 2.24) is 5.32 Å². The van der Waals surface area contributed by atoms with Gasteiger partial charge in [0.15, 0.2) is 9.84 Å². The molecule has 3 N–H and O–H groups in total. The Kier molecular flexibility index (Phi) is 4.58. The van der Waals surface area contributed by atoms with Gasteiger partial charge in [-0.15, -0.1) is 0 Å². The summed E-state index contributed by atoms with van der Waals surface area (Å²) in [6.45, 7) is -1.65. The highest BCUT2D eigenvalue weighted by Gasteiger charge is 2.29. The molecule has 0 aliphatic heterocycles. The van der Waals surface area contributed by atoms with E-state index in [1.54, 1.807) is 0 Å². The predicted molar refractivity (Wildman–Crippen MR) is 61.9 cm³/mol. The molecule has 1 aromatic rings. The number of hydrogen-bond acceptors (Lipinski definition) is 4. The van der Waals surface area contributed by atoms with Gasteiger partial charge in [-0.25, -0.2) is 12.8 Å². The maximum atomic E-state index is 13.0. The van der Waals surface area contributed by atoms with Crippen molar-refractivity contribution in [2.45, 2.75) is 11.1 Å². The molecule has 0 aliphatic rings. The average molecular weight is 314 g/mol. The van der Waals surface area contributed by atoms with Gasteiger partial charge in [0.1, 0.15) is 18.1 Å². The first kappa shape index (κ1) is 16.2. The van der Waals surface area contributed by atoms with E-state index in [-0.39, 0.29) is 5.69 Å². The molecule has 1 rings (SSSR count). The minimum atomic E-state index is -4.65. The molecule has 0 aromatic heterocycles. The molecule has 0 bridgehead atoms. The second-order valence-corrected chi connectivity index (χ2v) is 5.86. The first-order valence-electron chi connectivity index (χ1n) is 5.12. The van der Waals surface area contributed by atoms with Crippen LogP contribution in [0.5, 0.6) is 0 Å². The Bertz CT molecular complexity index is 593. The minimum absolute atomic E-state index is 0.181. The Hall–Kier alpha value is -1.84. The number of carbonyl (C=O) groups is 1. The SMILES string of the molecule is Nc1cc(F)cc(S(=O)(=O)CC(=O)NCC(F)(F)F)c1. The van der Waals surface area contributed by atoms with E-state index in [0.29, 0.717) is 6.07 Å². The fourth-order valence-electron chi connectivity index (χ4n) is 1.27. The number of alkyl halides is 3. The Balaban J connectivity index is 2.82. The quantitative estimate of drug-likeness (QED) is 0.637. The number of carbonyl (C=O) groups excluding carboxylic acids is 1. The van der Waals surface area contributed by atoms with Crippen LogP contribution in [0.15, 0.2) is 23.1 Å². The highest BCUT2D eigenvalue weighted by molar-refractivity contribution is 7.92. The van der Waals surface area contributed by atoms with Gasteiger partial charge in [-0.05, 0) is 18.2 Å². The summed E-state index contributed by atoms with van der Waals surface area (Å²) < 4.78 is 72.0. The number of benzene rings is 1. The lowest BCUT2D eigenvalue weighted by Crippen LogP contribution is -2.37. The van der Waals surface area contributed by atoms with Gasteiger partial charge in [0.2, 0.25) is 5.91 Å². The van der Waals surface area contributed by atoms with Crippen molar-refractivity contribution >= 4 is 21.4 Å². The van der Waals surface area contributed by atoms with Crippen LogP contribution >= 0.6 is 0 Å². The first-order valence-corrected chi connectivity index (χ1v) is 6.77. The Labute approximate surface area is 111 Å². The molecule has 5 nitrogen and oxygen atoms in total. The van der Waals surface area contributed by atoms with Gasteiger partial charge in [0, 0.05) is 5.69 Å². The van der Waals surface area contributed by atoms with Crippen molar-refractivity contribution in [3.05, 3.63) is 24.0 Å². The van der Waals surface area contributed by atoms with E-state index in [2.05, 4.69) is 0 Å². The third kappa shape index (κ3) is 5.03. The highest BCUT2D eigenvalue weighted by atomic mass is 32.2. The molecule has 0 fully saturated rings. The number of halogens is 4. The van der Waals surface area contributed by atoms with Crippen LogP contribution in [0.2, 0.25) is 0 Å². The molecule has 0 spiro atoms. The van der Waals surface area contributed by atoms with Gasteiger partial charge in [-0.3, -0.25) is 4.79 Å². The number of rotatable bonds is 4. The van der Waals surface area contributed by atoms with Crippen LogP contribution in [-0.4, -0.2) is 32.8 Å². The fraction of sp³-hybridized carbons (Fsp3) is 0.300. The summed E-state index contributed by atoms with van der Waals surface area (Å²) in [5.41, 5.74) is 5.07. The number of nitrogens with two attached hydrogens (primary N) is 1. The normalized spacial score (nSPS) is 12.2. The highest BCUT2D eigenvalue weighted by Crippen LogP contribution is 2.17. The lowest BCUT2D eigenvalue weighted by Gasteiger charge is -2.09. The van der Waals surface area contributed by atoms with E-state index in [0.717, 1.165) is 12.1 Å². The van der Waals surface area contributed by atoms with E-state index in [4.69, 9.17) is 5.73 Å². The summed E-state index contributed by atoms with van der Waals surface area (Å²) in [6, 6.07) is 2.40. The predicted octanol–water partition coefficient (Wildman–Crippen LogP) is 0.860. The van der Waals surface area contributed by atoms with Crippen molar-refractivity contribution in [2.75, 3.05) is 18.0 Å². The van der Waals surface area contributed by atoms with E-state index >= 15 is 0 Å². The van der Waals surface area contributed by atoms with Crippen LogP contribution < -0.4 is 11.1 Å². The zero-order valence-corrected chi connectivity index (χ0v) is 10.7. The molecule has 0 saturated carbocycles. The van der Waals surface area contributed by atoms with Gasteiger partial charge < -0.3 is 11.1 Å². The van der Waals surface area contributed by atoms with Crippen LogP contribution in [0.3, 0.4) is 0 Å². The molecule has 10 heteroatoms. The average Bonchev–Trinajstić information content (AvgIpc) is 2.23. The molecular formula is C10H10F4N2O3S. The Morgan fingerprint density at radius 1 is 1.25 bits per heavy atom. The van der Waals surface area contributed by atoms with Crippen LogP contribution in [0.1, 0.15) is 0 Å². The van der Waals surface area contributed by atoms with Crippen molar-refractivity contribution in [3.63, 3.8) is 0 Å². The topological polar surface area (TPSA) is 89.3 Å². The van der Waals surface area contributed by atoms with Gasteiger partial charge >= 0.3 is 6.18 Å². The zero-order chi connectivity index (χ0) is 15.6. The molecule has 0 radical (unpaired) electrons. The number of hydrogen-bond donors (Lipinski definition) is 2. The molecule has 0 aliphatic carbocycles. The van der Waals surface area contributed by atoms with Gasteiger partial charge in [0.25, 0.3) is 0 Å². The second-order valence-electron chi connectivity index (χ2n) is 3.87. The minimum Gasteiger partial charge on any atom is -0.399 e. The summed E-state index contributed by atoms with van der Waals surface area (Å²) in [4.78, 5) is 10.6. The monoisotopic (exact) mass is 314 g/mol. The molecule has 20 heavy (non-hydrogen) atoms. The van der Waals surface area contributed by atoms with Gasteiger partial charge in [0.05, 0.1) is 4.90 Å². The number of nitrogens with one attached hydrogen (secondary N) is 1. The summed E-state index contributed by atoms with van der Waals surface area (Å²) in [7, 11) is -4.27. The largest absolute Gasteiger partial charge is 0.405 e. The molecule has 0 atom stereocenters. The maximum Gasteiger partial charge on any atom is 0.405 e. The van der Waals surface area contributed by atoms with Crippen LogP contribution in [0.4, 0.5) is 23.2 Å². The summed E-state index contributed by atoms with van der Waals surface area (Å²) in [6.07, 6.45) is -4.65. The molecule has 112 valence electrons. The summed E-state index contributed by atoms with van der Waals surface area (Å²) in [5.74, 6) is -3.50. The second kappa shape index (κ2) is 5.65. The number of anilines is 1. The van der Waals surface area contributed by atoms with Crippen LogP contribution in [0.25, 0.3) is 0 Å². The number of amides is 1. The van der Waals surface area contributed by atoms with Gasteiger partial charge in [-0.2, -0.15) is 13.2 Å². The van der Waals surface area contributed by atoms with Crippen molar-refractivity contribution in [1.29, 1.82) is 0 Å². The number of nitrogen functional groups attached to an aromatic ring is 1. The molecule has 0 heterocycles. The van der Waals surface area contributed by atoms with E-state index in [1.807, 2.05) is 0 Å². The van der Waals surface area contributed by atoms with Crippen molar-refractivity contribution in [3.8, 4) is 0 Å². The third-order valence-corrected chi connectivity index (χ3v) is 3.66. The molecule has 1 aromatic carbocycles. The standard InChI is InChI=1S/C10H10F4N2O3S/c11-6-1-7(15)3-8(2-6)20(18,19)4-9(17)16-5-10(12,13)14/h1-3H,4-5,15H2,(H,16,17). The van der Waals surface area contributed by atoms with Crippen LogP contribution in [0, 0.1) is 5.82 Å². The maximum absolute atomic E-state index is 13.0. The van der Waals surface area contributed by atoms with E-state index in [1.165, 1.54) is 5.32 Å². The van der Waals surface area contributed by atoms with Crippen LogP contribution in [-0.2, 0) is 14.6 Å². The third-order valence-electron chi connectivity index (χ3n) is 2.06. The lowest BCUT2D eigenvalue weighted by molar-refractivity contribution is -0.137. The first-order chi connectivity index (χ1) is 8.99. The molecule has 0 saturated heterocycles.